The zero-order chi connectivity index (χ0) is 21.0. The van der Waals surface area contributed by atoms with Crippen molar-refractivity contribution in [1.29, 1.82) is 0 Å². The molecule has 0 aliphatic carbocycles. The van der Waals surface area contributed by atoms with Crippen LogP contribution in [0.2, 0.25) is 0 Å². The molecule has 1 fully saturated rings. The molecule has 2 N–H and O–H groups in total. The number of nitrogens with one attached hydrogen (secondary N) is 2. The maximum absolute atomic E-state index is 12.5. The number of hydrogen-bond donors (Lipinski definition) is 2. The minimum Gasteiger partial charge on any atom is -0.492 e. The SMILES string of the molecule is CCNC(=NCCCOCC1CCOC1)NCCOc1ccc(C(F)(F)F)cc1. The van der Waals surface area contributed by atoms with E-state index in [4.69, 9.17) is 14.2 Å². The molecule has 0 radical (unpaired) electrons. The van der Waals surface area contributed by atoms with Crippen LogP contribution in [0.1, 0.15) is 25.3 Å². The molecule has 0 amide bonds. The average molecular weight is 417 g/mol. The summed E-state index contributed by atoms with van der Waals surface area (Å²) < 4.78 is 54.1. The Bertz CT molecular complexity index is 603. The van der Waals surface area contributed by atoms with E-state index in [1.165, 1.54) is 12.1 Å². The van der Waals surface area contributed by atoms with Crippen LogP contribution in [0.15, 0.2) is 29.3 Å². The van der Waals surface area contributed by atoms with Gasteiger partial charge < -0.3 is 24.8 Å². The first-order chi connectivity index (χ1) is 14.0. The number of rotatable bonds is 11. The van der Waals surface area contributed by atoms with Crippen LogP contribution in [0.5, 0.6) is 5.75 Å². The molecule has 1 saturated heterocycles. The van der Waals surface area contributed by atoms with E-state index in [1.807, 2.05) is 6.92 Å². The molecule has 0 spiro atoms. The van der Waals surface area contributed by atoms with Crippen LogP contribution in [-0.2, 0) is 15.7 Å². The number of halogens is 3. The first kappa shape index (κ1) is 23.3. The lowest BCUT2D eigenvalue weighted by Crippen LogP contribution is -2.39. The van der Waals surface area contributed by atoms with Gasteiger partial charge in [-0.25, -0.2) is 0 Å². The Balaban J connectivity index is 1.60. The van der Waals surface area contributed by atoms with Gasteiger partial charge in [0.05, 0.1) is 25.3 Å². The Labute approximate surface area is 169 Å². The van der Waals surface area contributed by atoms with Gasteiger partial charge in [0, 0.05) is 32.2 Å². The van der Waals surface area contributed by atoms with Gasteiger partial charge in [0.1, 0.15) is 12.4 Å². The van der Waals surface area contributed by atoms with Crippen molar-refractivity contribution in [3.8, 4) is 5.75 Å². The summed E-state index contributed by atoms with van der Waals surface area (Å²) >= 11 is 0. The lowest BCUT2D eigenvalue weighted by atomic mass is 10.1. The van der Waals surface area contributed by atoms with Crippen molar-refractivity contribution in [2.45, 2.75) is 25.9 Å². The molecule has 1 aromatic carbocycles. The number of ether oxygens (including phenoxy) is 3. The summed E-state index contributed by atoms with van der Waals surface area (Å²) in [6.45, 7) is 7.15. The molecule has 1 heterocycles. The van der Waals surface area contributed by atoms with E-state index >= 15 is 0 Å². The van der Waals surface area contributed by atoms with E-state index < -0.39 is 11.7 Å². The maximum atomic E-state index is 12.5. The second-order valence-corrected chi connectivity index (χ2v) is 6.72. The average Bonchev–Trinajstić information content (AvgIpc) is 3.21. The Morgan fingerprint density at radius 3 is 2.66 bits per heavy atom. The van der Waals surface area contributed by atoms with E-state index in [2.05, 4.69) is 15.6 Å². The van der Waals surface area contributed by atoms with Gasteiger partial charge in [-0.05, 0) is 44.0 Å². The smallest absolute Gasteiger partial charge is 0.416 e. The highest BCUT2D eigenvalue weighted by molar-refractivity contribution is 5.79. The molecule has 2 rings (SSSR count). The van der Waals surface area contributed by atoms with Crippen molar-refractivity contribution < 1.29 is 27.4 Å². The largest absolute Gasteiger partial charge is 0.492 e. The van der Waals surface area contributed by atoms with Crippen molar-refractivity contribution in [3.05, 3.63) is 29.8 Å². The molecule has 164 valence electrons. The molecule has 1 aromatic rings. The summed E-state index contributed by atoms with van der Waals surface area (Å²) in [5, 5.41) is 6.28. The van der Waals surface area contributed by atoms with E-state index in [1.54, 1.807) is 0 Å². The van der Waals surface area contributed by atoms with Gasteiger partial charge in [0.15, 0.2) is 5.96 Å². The molecule has 29 heavy (non-hydrogen) atoms. The fourth-order valence-electron chi connectivity index (χ4n) is 2.74. The Morgan fingerprint density at radius 2 is 2.00 bits per heavy atom. The standard InChI is InChI=1S/C20H30F3N3O3/c1-2-24-19(25-9-3-11-27-14-16-8-12-28-15-16)26-10-13-29-18-6-4-17(5-7-18)20(21,22)23/h4-7,16H,2-3,8-15H2,1H3,(H2,24,25,26). The van der Waals surface area contributed by atoms with Crippen molar-refractivity contribution in [2.24, 2.45) is 10.9 Å². The van der Waals surface area contributed by atoms with Crippen molar-refractivity contribution in [2.75, 3.05) is 52.7 Å². The second-order valence-electron chi connectivity index (χ2n) is 6.72. The summed E-state index contributed by atoms with van der Waals surface area (Å²) in [4.78, 5) is 4.48. The molecule has 0 bridgehead atoms. The summed E-state index contributed by atoms with van der Waals surface area (Å²) in [5.74, 6) is 1.58. The molecule has 1 aliphatic heterocycles. The first-order valence-electron chi connectivity index (χ1n) is 9.96. The fraction of sp³-hybridized carbons (Fsp3) is 0.650. The molecule has 0 aromatic heterocycles. The summed E-state index contributed by atoms with van der Waals surface area (Å²) in [5.41, 5.74) is -0.690. The zero-order valence-electron chi connectivity index (χ0n) is 16.8. The highest BCUT2D eigenvalue weighted by Crippen LogP contribution is 2.30. The van der Waals surface area contributed by atoms with Gasteiger partial charge in [-0.3, -0.25) is 4.99 Å². The van der Waals surface area contributed by atoms with Gasteiger partial charge in [0.2, 0.25) is 0 Å². The van der Waals surface area contributed by atoms with Crippen molar-refractivity contribution in [3.63, 3.8) is 0 Å². The van der Waals surface area contributed by atoms with Gasteiger partial charge in [-0.1, -0.05) is 0 Å². The van der Waals surface area contributed by atoms with Gasteiger partial charge >= 0.3 is 6.18 Å². The van der Waals surface area contributed by atoms with Gasteiger partial charge in [-0.15, -0.1) is 0 Å². The monoisotopic (exact) mass is 417 g/mol. The lowest BCUT2D eigenvalue weighted by Gasteiger charge is -2.13. The predicted octanol–water partition coefficient (Wildman–Crippen LogP) is 3.08. The third-order valence-corrected chi connectivity index (χ3v) is 4.28. The van der Waals surface area contributed by atoms with Gasteiger partial charge in [0.25, 0.3) is 0 Å². The zero-order valence-corrected chi connectivity index (χ0v) is 16.8. The van der Waals surface area contributed by atoms with Crippen molar-refractivity contribution >= 4 is 5.96 Å². The molecule has 1 atom stereocenters. The summed E-state index contributed by atoms with van der Waals surface area (Å²) in [7, 11) is 0. The van der Waals surface area contributed by atoms with Crippen LogP contribution in [0, 0.1) is 5.92 Å². The Morgan fingerprint density at radius 1 is 1.21 bits per heavy atom. The van der Waals surface area contributed by atoms with Crippen LogP contribution in [0.4, 0.5) is 13.2 Å². The molecule has 9 heteroatoms. The summed E-state index contributed by atoms with van der Waals surface area (Å²) in [6, 6.07) is 4.66. The van der Waals surface area contributed by atoms with E-state index in [-0.39, 0.29) is 0 Å². The predicted molar refractivity (Wildman–Crippen MR) is 105 cm³/mol. The molecule has 6 nitrogen and oxygen atoms in total. The van der Waals surface area contributed by atoms with E-state index in [9.17, 15) is 13.2 Å². The highest BCUT2D eigenvalue weighted by atomic mass is 19.4. The number of alkyl halides is 3. The summed E-state index contributed by atoms with van der Waals surface area (Å²) in [6.07, 6.45) is -2.44. The quantitative estimate of drug-likeness (QED) is 0.329. The number of guanidine groups is 1. The van der Waals surface area contributed by atoms with Crippen molar-refractivity contribution in [1.82, 2.24) is 10.6 Å². The van der Waals surface area contributed by atoms with Crippen LogP contribution in [0.3, 0.4) is 0 Å². The third kappa shape index (κ3) is 9.36. The van der Waals surface area contributed by atoms with Crippen LogP contribution < -0.4 is 15.4 Å². The second kappa shape index (κ2) is 12.5. The minimum atomic E-state index is -4.34. The minimum absolute atomic E-state index is 0.308. The van der Waals surface area contributed by atoms with Crippen LogP contribution in [0.25, 0.3) is 0 Å². The number of aliphatic imine (C=N–C) groups is 1. The Kier molecular flexibility index (Phi) is 10.1. The van der Waals surface area contributed by atoms with E-state index in [0.717, 1.165) is 51.3 Å². The molecule has 0 saturated carbocycles. The Hall–Kier alpha value is -2.00. The molecular formula is C20H30F3N3O3. The van der Waals surface area contributed by atoms with E-state index in [0.29, 0.717) is 43.9 Å². The molecule has 1 unspecified atom stereocenters. The normalized spacial score (nSPS) is 17.4. The maximum Gasteiger partial charge on any atom is 0.416 e. The topological polar surface area (TPSA) is 64.1 Å². The number of benzene rings is 1. The fourth-order valence-corrected chi connectivity index (χ4v) is 2.74. The lowest BCUT2D eigenvalue weighted by molar-refractivity contribution is -0.137. The number of nitrogens with zero attached hydrogens (tertiary/aromatic N) is 1. The molecule has 1 aliphatic rings. The van der Waals surface area contributed by atoms with Gasteiger partial charge in [-0.2, -0.15) is 13.2 Å². The number of hydrogen-bond acceptors (Lipinski definition) is 4. The van der Waals surface area contributed by atoms with Crippen LogP contribution >= 0.6 is 0 Å². The third-order valence-electron chi connectivity index (χ3n) is 4.28. The molecular weight excluding hydrogens is 387 g/mol. The highest BCUT2D eigenvalue weighted by Gasteiger charge is 2.30. The van der Waals surface area contributed by atoms with Crippen LogP contribution in [-0.4, -0.2) is 58.6 Å². The first-order valence-corrected chi connectivity index (χ1v) is 9.96.